The summed E-state index contributed by atoms with van der Waals surface area (Å²) in [6, 6.07) is 3.43. The van der Waals surface area contributed by atoms with Crippen molar-refractivity contribution in [2.24, 2.45) is 0 Å². The molecule has 1 amide bonds. The van der Waals surface area contributed by atoms with E-state index in [9.17, 15) is 9.90 Å². The highest BCUT2D eigenvalue weighted by Gasteiger charge is 2.25. The Balaban J connectivity index is 2.17. The highest BCUT2D eigenvalue weighted by atomic mass is 16.5. The molecular formula is C13H18N2O3. The third-order valence-electron chi connectivity index (χ3n) is 2.97. The lowest BCUT2D eigenvalue weighted by Gasteiger charge is -2.30. The van der Waals surface area contributed by atoms with Crippen LogP contribution < -0.4 is 4.74 Å². The van der Waals surface area contributed by atoms with E-state index >= 15 is 0 Å². The molecule has 1 atom stereocenters. The zero-order valence-corrected chi connectivity index (χ0v) is 10.5. The van der Waals surface area contributed by atoms with Crippen molar-refractivity contribution in [3.63, 3.8) is 0 Å². The molecule has 18 heavy (non-hydrogen) atoms. The van der Waals surface area contributed by atoms with Crippen LogP contribution in [0.2, 0.25) is 0 Å². The molecule has 0 saturated carbocycles. The van der Waals surface area contributed by atoms with Gasteiger partial charge in [-0.25, -0.2) is 4.98 Å². The van der Waals surface area contributed by atoms with Gasteiger partial charge in [0, 0.05) is 19.3 Å². The lowest BCUT2D eigenvalue weighted by molar-refractivity contribution is 0.0470. The summed E-state index contributed by atoms with van der Waals surface area (Å²) in [6.07, 6.45) is 2.77. The summed E-state index contributed by atoms with van der Waals surface area (Å²) in [5.41, 5.74) is 0.466. The molecule has 1 saturated heterocycles. The number of amides is 1. The molecule has 0 radical (unpaired) electrons. The number of hydrogen-bond donors (Lipinski definition) is 1. The first kappa shape index (κ1) is 12.8. The largest absolute Gasteiger partial charge is 0.477 e. The van der Waals surface area contributed by atoms with E-state index in [2.05, 4.69) is 4.98 Å². The van der Waals surface area contributed by atoms with E-state index in [-0.39, 0.29) is 5.91 Å². The van der Waals surface area contributed by atoms with Crippen LogP contribution in [0.15, 0.2) is 18.3 Å². The average Bonchev–Trinajstić information content (AvgIpc) is 2.39. The number of piperidine rings is 1. The third-order valence-corrected chi connectivity index (χ3v) is 2.97. The number of aromatic nitrogens is 1. The minimum Gasteiger partial charge on any atom is -0.477 e. The molecule has 2 rings (SSSR count). The smallest absolute Gasteiger partial charge is 0.259 e. The predicted octanol–water partition coefficient (Wildman–Crippen LogP) is 1.08. The maximum absolute atomic E-state index is 12.3. The van der Waals surface area contributed by atoms with Gasteiger partial charge in [0.2, 0.25) is 5.88 Å². The van der Waals surface area contributed by atoms with Gasteiger partial charge in [-0.05, 0) is 31.9 Å². The van der Waals surface area contributed by atoms with E-state index in [1.165, 1.54) is 0 Å². The molecule has 0 aliphatic carbocycles. The number of likely N-dealkylation sites (tertiary alicyclic amines) is 1. The molecule has 1 fully saturated rings. The van der Waals surface area contributed by atoms with Crippen molar-refractivity contribution in [3.05, 3.63) is 23.9 Å². The normalized spacial score (nSPS) is 19.7. The average molecular weight is 250 g/mol. The second-order valence-electron chi connectivity index (χ2n) is 4.34. The number of aliphatic hydroxyl groups excluding tert-OH is 1. The first-order valence-electron chi connectivity index (χ1n) is 6.27. The van der Waals surface area contributed by atoms with Gasteiger partial charge in [-0.15, -0.1) is 0 Å². The fraction of sp³-hybridized carbons (Fsp3) is 0.538. The number of carbonyl (C=O) groups excluding carboxylic acids is 1. The topological polar surface area (TPSA) is 62.7 Å². The van der Waals surface area contributed by atoms with Gasteiger partial charge in [-0.1, -0.05) is 0 Å². The quantitative estimate of drug-likeness (QED) is 0.872. The first-order valence-corrected chi connectivity index (χ1v) is 6.27. The van der Waals surface area contributed by atoms with E-state index in [4.69, 9.17) is 4.74 Å². The second-order valence-corrected chi connectivity index (χ2v) is 4.34. The maximum Gasteiger partial charge on any atom is 0.259 e. The Labute approximate surface area is 106 Å². The van der Waals surface area contributed by atoms with Crippen LogP contribution in [0.4, 0.5) is 0 Å². The standard InChI is InChI=1S/C13H18N2O3/c1-2-18-12-11(6-3-7-14-12)13(17)15-8-4-5-10(16)9-15/h3,6-7,10,16H,2,4-5,8-9H2,1H3. The number of rotatable bonds is 3. The van der Waals surface area contributed by atoms with Gasteiger partial charge in [0.05, 0.1) is 12.7 Å². The van der Waals surface area contributed by atoms with Gasteiger partial charge < -0.3 is 14.7 Å². The molecule has 1 aliphatic rings. The summed E-state index contributed by atoms with van der Waals surface area (Å²) in [6.45, 7) is 3.39. The van der Waals surface area contributed by atoms with Crippen molar-refractivity contribution in [3.8, 4) is 5.88 Å². The molecule has 98 valence electrons. The van der Waals surface area contributed by atoms with Crippen molar-refractivity contribution in [2.75, 3.05) is 19.7 Å². The summed E-state index contributed by atoms with van der Waals surface area (Å²) in [5.74, 6) is 0.246. The highest BCUT2D eigenvalue weighted by molar-refractivity contribution is 5.96. The van der Waals surface area contributed by atoms with Crippen LogP contribution >= 0.6 is 0 Å². The molecule has 1 unspecified atom stereocenters. The molecule has 0 spiro atoms. The number of carbonyl (C=O) groups is 1. The Bertz CT molecular complexity index is 422. The van der Waals surface area contributed by atoms with Gasteiger partial charge in [-0.2, -0.15) is 0 Å². The van der Waals surface area contributed by atoms with Crippen molar-refractivity contribution >= 4 is 5.91 Å². The maximum atomic E-state index is 12.3. The molecule has 1 N–H and O–H groups in total. The number of pyridine rings is 1. The van der Waals surface area contributed by atoms with Crippen molar-refractivity contribution in [1.82, 2.24) is 9.88 Å². The fourth-order valence-corrected chi connectivity index (χ4v) is 2.11. The molecule has 1 aromatic rings. The van der Waals surface area contributed by atoms with E-state index in [0.717, 1.165) is 12.8 Å². The molecule has 0 aromatic carbocycles. The Hall–Kier alpha value is -1.62. The molecule has 1 aliphatic heterocycles. The van der Waals surface area contributed by atoms with Crippen LogP contribution in [0.5, 0.6) is 5.88 Å². The molecule has 5 heteroatoms. The molecule has 1 aromatic heterocycles. The summed E-state index contributed by atoms with van der Waals surface area (Å²) >= 11 is 0. The van der Waals surface area contributed by atoms with E-state index in [1.807, 2.05) is 6.92 Å². The Kier molecular flexibility index (Phi) is 4.15. The molecule has 5 nitrogen and oxygen atoms in total. The van der Waals surface area contributed by atoms with Gasteiger partial charge in [-0.3, -0.25) is 4.79 Å². The van der Waals surface area contributed by atoms with Gasteiger partial charge in [0.15, 0.2) is 0 Å². The van der Waals surface area contributed by atoms with E-state index in [1.54, 1.807) is 23.2 Å². The highest BCUT2D eigenvalue weighted by Crippen LogP contribution is 2.19. The summed E-state index contributed by atoms with van der Waals surface area (Å²) in [7, 11) is 0. The second kappa shape index (κ2) is 5.82. The zero-order chi connectivity index (χ0) is 13.0. The van der Waals surface area contributed by atoms with E-state index in [0.29, 0.717) is 31.1 Å². The molecule has 0 bridgehead atoms. The van der Waals surface area contributed by atoms with Crippen molar-refractivity contribution < 1.29 is 14.6 Å². The monoisotopic (exact) mass is 250 g/mol. The molecular weight excluding hydrogens is 232 g/mol. The van der Waals surface area contributed by atoms with E-state index < -0.39 is 6.10 Å². The summed E-state index contributed by atoms with van der Waals surface area (Å²) in [4.78, 5) is 18.1. The predicted molar refractivity (Wildman–Crippen MR) is 66.6 cm³/mol. The van der Waals surface area contributed by atoms with Crippen LogP contribution in [-0.4, -0.2) is 46.7 Å². The first-order chi connectivity index (χ1) is 8.72. The lowest BCUT2D eigenvalue weighted by Crippen LogP contribution is -2.42. The number of nitrogens with zero attached hydrogens (tertiary/aromatic N) is 2. The summed E-state index contributed by atoms with van der Waals surface area (Å²) in [5, 5.41) is 9.61. The van der Waals surface area contributed by atoms with Crippen LogP contribution in [0, 0.1) is 0 Å². The minimum atomic E-state index is -0.421. The number of ether oxygens (including phenoxy) is 1. The number of hydrogen-bond acceptors (Lipinski definition) is 4. The van der Waals surface area contributed by atoms with Crippen molar-refractivity contribution in [2.45, 2.75) is 25.9 Å². The third kappa shape index (κ3) is 2.79. The lowest BCUT2D eigenvalue weighted by atomic mass is 10.1. The van der Waals surface area contributed by atoms with Crippen molar-refractivity contribution in [1.29, 1.82) is 0 Å². The fourth-order valence-electron chi connectivity index (χ4n) is 2.11. The van der Waals surface area contributed by atoms with Gasteiger partial charge in [0.1, 0.15) is 5.56 Å². The number of aliphatic hydroxyl groups is 1. The van der Waals surface area contributed by atoms with Gasteiger partial charge >= 0.3 is 0 Å². The number of β-amino-alcohol motifs (C(OH)–C–C–N with tert-alkyl or cyclic N) is 1. The SMILES string of the molecule is CCOc1ncccc1C(=O)N1CCCC(O)C1. The zero-order valence-electron chi connectivity index (χ0n) is 10.5. The van der Waals surface area contributed by atoms with Crippen LogP contribution in [0.25, 0.3) is 0 Å². The summed E-state index contributed by atoms with van der Waals surface area (Å²) < 4.78 is 5.35. The Morgan fingerprint density at radius 3 is 3.22 bits per heavy atom. The minimum absolute atomic E-state index is 0.120. The Morgan fingerprint density at radius 1 is 1.67 bits per heavy atom. The van der Waals surface area contributed by atoms with Crippen LogP contribution in [0.3, 0.4) is 0 Å². The van der Waals surface area contributed by atoms with Crippen LogP contribution in [0.1, 0.15) is 30.1 Å². The van der Waals surface area contributed by atoms with Gasteiger partial charge in [0.25, 0.3) is 5.91 Å². The van der Waals surface area contributed by atoms with Crippen LogP contribution in [-0.2, 0) is 0 Å². The Morgan fingerprint density at radius 2 is 2.50 bits per heavy atom. The molecule has 2 heterocycles.